The van der Waals surface area contributed by atoms with Crippen LogP contribution in [0.2, 0.25) is 5.02 Å². The first-order valence-corrected chi connectivity index (χ1v) is 13.0. The van der Waals surface area contributed by atoms with Crippen molar-refractivity contribution in [3.63, 3.8) is 0 Å². The minimum Gasteiger partial charge on any atom is -0.495 e. The number of methoxy groups -OCH3 is 3. The lowest BCUT2D eigenvalue weighted by atomic mass is 10.2. The van der Waals surface area contributed by atoms with Crippen molar-refractivity contribution in [1.29, 1.82) is 0 Å². The van der Waals surface area contributed by atoms with Gasteiger partial charge in [-0.25, -0.2) is 16.8 Å². The van der Waals surface area contributed by atoms with Gasteiger partial charge in [-0.2, -0.15) is 4.31 Å². The topological polar surface area (TPSA) is 128 Å². The zero-order valence-electron chi connectivity index (χ0n) is 18.1. The van der Waals surface area contributed by atoms with Gasteiger partial charge in [0.25, 0.3) is 10.0 Å². The summed E-state index contributed by atoms with van der Waals surface area (Å²) in [6.07, 6.45) is 0.774. The summed E-state index contributed by atoms with van der Waals surface area (Å²) in [5.74, 6) is -0.636. The predicted molar refractivity (Wildman–Crippen MR) is 121 cm³/mol. The number of hydrogen-bond acceptors (Lipinski definition) is 8. The van der Waals surface area contributed by atoms with Crippen molar-refractivity contribution in [3.8, 4) is 11.5 Å². The fourth-order valence-electron chi connectivity index (χ4n) is 3.54. The number of para-hydroxylation sites is 1. The quantitative estimate of drug-likeness (QED) is 0.528. The van der Waals surface area contributed by atoms with Gasteiger partial charge in [-0.1, -0.05) is 23.7 Å². The number of esters is 1. The molecule has 0 spiro atoms. The number of nitrogens with one attached hydrogen (secondary N) is 1. The van der Waals surface area contributed by atoms with Crippen molar-refractivity contribution in [2.75, 3.05) is 32.6 Å². The summed E-state index contributed by atoms with van der Waals surface area (Å²) >= 11 is 6.06. The number of halogens is 1. The minimum absolute atomic E-state index is 0.0565. The lowest BCUT2D eigenvalue weighted by Gasteiger charge is -2.23. The largest absolute Gasteiger partial charge is 0.495 e. The van der Waals surface area contributed by atoms with E-state index in [9.17, 15) is 21.6 Å². The first-order valence-electron chi connectivity index (χ1n) is 9.70. The normalized spacial score (nSPS) is 16.9. The van der Waals surface area contributed by atoms with Crippen molar-refractivity contribution in [2.24, 2.45) is 0 Å². The lowest BCUT2D eigenvalue weighted by molar-refractivity contribution is -0.144. The van der Waals surface area contributed by atoms with E-state index in [4.69, 9.17) is 25.8 Å². The smallest absolute Gasteiger partial charge is 0.324 e. The van der Waals surface area contributed by atoms with E-state index in [1.54, 1.807) is 0 Å². The van der Waals surface area contributed by atoms with E-state index in [-0.39, 0.29) is 38.5 Å². The van der Waals surface area contributed by atoms with Crippen LogP contribution in [0.4, 0.5) is 5.69 Å². The van der Waals surface area contributed by atoms with E-state index < -0.39 is 32.1 Å². The molecule has 1 aliphatic rings. The highest BCUT2D eigenvalue weighted by Crippen LogP contribution is 2.37. The van der Waals surface area contributed by atoms with Crippen molar-refractivity contribution < 1.29 is 35.8 Å². The van der Waals surface area contributed by atoms with E-state index in [1.807, 2.05) is 0 Å². The number of rotatable bonds is 8. The molecule has 0 radical (unpaired) electrons. The monoisotopic (exact) mass is 518 g/mol. The molecule has 1 unspecified atom stereocenters. The molecule has 1 fully saturated rings. The SMILES string of the molecule is COC(=O)C1CCCN1S(=O)(=O)c1ccccc1NS(=O)(=O)c1cc(OC)c(Cl)cc1OC. The third-order valence-corrected chi connectivity index (χ3v) is 8.77. The Kier molecular flexibility index (Phi) is 7.42. The Balaban J connectivity index is 2.05. The molecule has 13 heteroatoms. The zero-order chi connectivity index (χ0) is 24.4. The summed E-state index contributed by atoms with van der Waals surface area (Å²) in [5, 5.41) is 0.138. The second kappa shape index (κ2) is 9.75. The Hall–Kier alpha value is -2.54. The fraction of sp³-hybridized carbons (Fsp3) is 0.350. The highest BCUT2D eigenvalue weighted by atomic mass is 35.5. The van der Waals surface area contributed by atoms with Crippen LogP contribution in [0.1, 0.15) is 12.8 Å². The Morgan fingerprint density at radius 2 is 1.70 bits per heavy atom. The van der Waals surface area contributed by atoms with E-state index in [2.05, 4.69) is 4.72 Å². The maximum atomic E-state index is 13.4. The van der Waals surface area contributed by atoms with Crippen LogP contribution in [0.15, 0.2) is 46.2 Å². The fourth-order valence-corrected chi connectivity index (χ4v) is 6.88. The molecule has 0 amide bonds. The van der Waals surface area contributed by atoms with E-state index in [1.165, 1.54) is 57.7 Å². The molecule has 0 bridgehead atoms. The molecule has 1 N–H and O–H groups in total. The summed E-state index contributed by atoms with van der Waals surface area (Å²) in [4.78, 5) is 11.5. The van der Waals surface area contributed by atoms with Gasteiger partial charge in [0.2, 0.25) is 10.0 Å². The van der Waals surface area contributed by atoms with Gasteiger partial charge in [-0.3, -0.25) is 9.52 Å². The van der Waals surface area contributed by atoms with Gasteiger partial charge in [0.15, 0.2) is 0 Å². The number of anilines is 1. The Bertz CT molecular complexity index is 1260. The van der Waals surface area contributed by atoms with Crippen molar-refractivity contribution in [1.82, 2.24) is 4.31 Å². The molecule has 1 atom stereocenters. The molecule has 2 aromatic carbocycles. The molecular formula is C20H23ClN2O8S2. The summed E-state index contributed by atoms with van der Waals surface area (Å²) in [6.45, 7) is 0.103. The molecule has 1 heterocycles. The van der Waals surface area contributed by atoms with Crippen LogP contribution in [-0.2, 0) is 29.6 Å². The van der Waals surface area contributed by atoms with Crippen LogP contribution >= 0.6 is 11.6 Å². The number of nitrogens with zero attached hydrogens (tertiary/aromatic N) is 1. The second-order valence-corrected chi connectivity index (χ2v) is 11.0. The predicted octanol–water partition coefficient (Wildman–Crippen LogP) is 2.48. The van der Waals surface area contributed by atoms with Gasteiger partial charge >= 0.3 is 5.97 Å². The molecule has 0 aliphatic carbocycles. The van der Waals surface area contributed by atoms with Gasteiger partial charge in [0.05, 0.1) is 32.0 Å². The zero-order valence-corrected chi connectivity index (χ0v) is 20.5. The standard InChI is InChI=1S/C20H23ClN2O8S2/c1-29-16-12-19(17(30-2)11-13(16)21)32(25,26)22-14-7-4-5-9-18(14)33(27,28)23-10-6-8-15(23)20(24)31-3/h4-5,7,9,11-12,15,22H,6,8,10H2,1-3H3. The molecule has 180 valence electrons. The average molecular weight is 519 g/mol. The van der Waals surface area contributed by atoms with Crippen molar-refractivity contribution in [3.05, 3.63) is 41.4 Å². The molecule has 0 aromatic heterocycles. The Morgan fingerprint density at radius 1 is 1.03 bits per heavy atom. The number of ether oxygens (including phenoxy) is 3. The summed E-state index contributed by atoms with van der Waals surface area (Å²) in [6, 6.07) is 6.99. The third kappa shape index (κ3) is 4.88. The number of hydrogen-bond donors (Lipinski definition) is 1. The van der Waals surface area contributed by atoms with Crippen molar-refractivity contribution >= 4 is 43.3 Å². The Morgan fingerprint density at radius 3 is 2.33 bits per heavy atom. The average Bonchev–Trinajstić information content (AvgIpc) is 3.29. The Labute approximate surface area is 197 Å². The van der Waals surface area contributed by atoms with Crippen LogP contribution < -0.4 is 14.2 Å². The summed E-state index contributed by atoms with van der Waals surface area (Å²) < 4.78 is 71.5. The summed E-state index contributed by atoms with van der Waals surface area (Å²) in [7, 11) is -4.79. The van der Waals surface area contributed by atoms with Crippen LogP contribution in [0.3, 0.4) is 0 Å². The van der Waals surface area contributed by atoms with Gasteiger partial charge in [-0.05, 0) is 25.0 Å². The van der Waals surface area contributed by atoms with Gasteiger partial charge in [0, 0.05) is 18.7 Å². The van der Waals surface area contributed by atoms with E-state index in [0.29, 0.717) is 12.8 Å². The molecule has 0 saturated carbocycles. The molecule has 2 aromatic rings. The number of benzene rings is 2. The van der Waals surface area contributed by atoms with E-state index in [0.717, 1.165) is 4.31 Å². The molecular weight excluding hydrogens is 496 g/mol. The lowest BCUT2D eigenvalue weighted by Crippen LogP contribution is -2.41. The molecule has 1 aliphatic heterocycles. The molecule has 1 saturated heterocycles. The first kappa shape index (κ1) is 25.1. The van der Waals surface area contributed by atoms with Crippen molar-refractivity contribution in [2.45, 2.75) is 28.7 Å². The first-order chi connectivity index (χ1) is 15.6. The summed E-state index contributed by atoms with van der Waals surface area (Å²) in [5.41, 5.74) is -0.191. The van der Waals surface area contributed by atoms with Crippen LogP contribution in [0.25, 0.3) is 0 Å². The highest BCUT2D eigenvalue weighted by molar-refractivity contribution is 7.93. The van der Waals surface area contributed by atoms with Gasteiger partial charge < -0.3 is 14.2 Å². The number of carbonyl (C=O) groups is 1. The third-order valence-electron chi connectivity index (χ3n) is 5.12. The van der Waals surface area contributed by atoms with Gasteiger partial charge in [-0.15, -0.1) is 0 Å². The maximum absolute atomic E-state index is 13.4. The van der Waals surface area contributed by atoms with Gasteiger partial charge in [0.1, 0.15) is 27.3 Å². The minimum atomic E-state index is -4.33. The molecule has 10 nitrogen and oxygen atoms in total. The van der Waals surface area contributed by atoms with Crippen LogP contribution in [0.5, 0.6) is 11.5 Å². The van der Waals surface area contributed by atoms with Crippen LogP contribution in [-0.4, -0.2) is 61.0 Å². The second-order valence-electron chi connectivity index (χ2n) is 7.04. The molecule has 3 rings (SSSR count). The van der Waals surface area contributed by atoms with Crippen LogP contribution in [0, 0.1) is 0 Å². The number of carbonyl (C=O) groups excluding carboxylic acids is 1. The van der Waals surface area contributed by atoms with E-state index >= 15 is 0 Å². The maximum Gasteiger partial charge on any atom is 0.324 e. The highest BCUT2D eigenvalue weighted by Gasteiger charge is 2.41. The number of sulfonamides is 2. The molecule has 33 heavy (non-hydrogen) atoms.